The van der Waals surface area contributed by atoms with Gasteiger partial charge in [0.05, 0.1) is 11.9 Å². The van der Waals surface area contributed by atoms with E-state index >= 15 is 0 Å². The Balaban J connectivity index is 3.03. The second-order valence-corrected chi connectivity index (χ2v) is 7.99. The summed E-state index contributed by atoms with van der Waals surface area (Å²) in [5.74, 6) is -0.269. The van der Waals surface area contributed by atoms with Crippen molar-refractivity contribution in [3.05, 3.63) is 29.6 Å². The minimum atomic E-state index is -3.24. The van der Waals surface area contributed by atoms with E-state index < -0.39 is 20.4 Å². The molecule has 0 aliphatic carbocycles. The molecule has 20 heavy (non-hydrogen) atoms. The van der Waals surface area contributed by atoms with E-state index in [9.17, 15) is 12.8 Å². The molecular formula is C14H22FNO3S. The molecule has 0 amide bonds. The summed E-state index contributed by atoms with van der Waals surface area (Å²) in [6, 6.07) is 4.35. The van der Waals surface area contributed by atoms with Crippen molar-refractivity contribution in [1.82, 2.24) is 5.32 Å². The normalized spacial score (nSPS) is 14.1. The Hall–Kier alpha value is -1.14. The van der Waals surface area contributed by atoms with Crippen molar-refractivity contribution in [2.75, 3.05) is 20.4 Å². The number of nitrogens with one attached hydrogen (secondary N) is 1. The van der Waals surface area contributed by atoms with Gasteiger partial charge in [-0.15, -0.1) is 0 Å². The predicted octanol–water partition coefficient (Wildman–Crippen LogP) is 1.79. The molecule has 0 bridgehead atoms. The molecule has 6 heteroatoms. The zero-order valence-electron chi connectivity index (χ0n) is 12.5. The van der Waals surface area contributed by atoms with E-state index in [0.717, 1.165) is 5.56 Å². The Kier molecular flexibility index (Phi) is 5.15. The summed E-state index contributed by atoms with van der Waals surface area (Å²) < 4.78 is 41.3. The fraction of sp³-hybridized carbons (Fsp3) is 0.571. The molecule has 0 aliphatic heterocycles. The monoisotopic (exact) mass is 303 g/mol. The predicted molar refractivity (Wildman–Crippen MR) is 78.4 cm³/mol. The van der Waals surface area contributed by atoms with Crippen LogP contribution >= 0.6 is 0 Å². The molecule has 0 heterocycles. The fourth-order valence-corrected chi connectivity index (χ4v) is 2.74. The van der Waals surface area contributed by atoms with Gasteiger partial charge in [0.25, 0.3) is 0 Å². The molecule has 0 aliphatic rings. The first-order chi connectivity index (χ1) is 9.13. The Morgan fingerprint density at radius 2 is 2.00 bits per heavy atom. The highest BCUT2D eigenvalue weighted by Gasteiger charge is 2.38. The first-order valence-corrected chi connectivity index (χ1v) is 8.22. The van der Waals surface area contributed by atoms with E-state index in [0.29, 0.717) is 6.42 Å². The van der Waals surface area contributed by atoms with Gasteiger partial charge in [0.2, 0.25) is 0 Å². The van der Waals surface area contributed by atoms with Crippen LogP contribution in [0.15, 0.2) is 18.2 Å². The third-order valence-electron chi connectivity index (χ3n) is 3.80. The number of hydrogen-bond acceptors (Lipinski definition) is 4. The van der Waals surface area contributed by atoms with Crippen LogP contribution < -0.4 is 10.1 Å². The van der Waals surface area contributed by atoms with Gasteiger partial charge >= 0.3 is 0 Å². The lowest BCUT2D eigenvalue weighted by Gasteiger charge is -2.32. The molecule has 4 nitrogen and oxygen atoms in total. The van der Waals surface area contributed by atoms with Gasteiger partial charge in [0.15, 0.2) is 21.4 Å². The summed E-state index contributed by atoms with van der Waals surface area (Å²) in [6.45, 7) is 3.34. The Bertz CT molecular complexity index is 570. The molecule has 1 unspecified atom stereocenters. The maximum atomic E-state index is 13.7. The summed E-state index contributed by atoms with van der Waals surface area (Å²) >= 11 is 0. The van der Waals surface area contributed by atoms with E-state index in [2.05, 4.69) is 5.32 Å². The van der Waals surface area contributed by atoms with Crippen molar-refractivity contribution in [2.24, 2.45) is 0 Å². The van der Waals surface area contributed by atoms with E-state index in [1.807, 2.05) is 0 Å². The Labute approximate surface area is 120 Å². The SMILES string of the molecule is CNC(Cc1ccc(OC)c(F)c1)C(C)(C)S(C)(=O)=O. The smallest absolute Gasteiger partial charge is 0.165 e. The number of hydrogen-bond donors (Lipinski definition) is 1. The van der Waals surface area contributed by atoms with Gasteiger partial charge < -0.3 is 10.1 Å². The number of likely N-dealkylation sites (N-methyl/N-ethyl adjacent to an activating group) is 1. The maximum absolute atomic E-state index is 13.7. The van der Waals surface area contributed by atoms with Crippen LogP contribution in [0.4, 0.5) is 4.39 Å². The zero-order chi connectivity index (χ0) is 15.6. The molecular weight excluding hydrogens is 281 g/mol. The Morgan fingerprint density at radius 1 is 1.40 bits per heavy atom. The third kappa shape index (κ3) is 3.49. The number of sulfone groups is 1. The van der Waals surface area contributed by atoms with Crippen LogP contribution in [0, 0.1) is 5.82 Å². The highest BCUT2D eigenvalue weighted by Crippen LogP contribution is 2.25. The average molecular weight is 303 g/mol. The second kappa shape index (κ2) is 6.10. The van der Waals surface area contributed by atoms with Crippen LogP contribution in [0.25, 0.3) is 0 Å². The van der Waals surface area contributed by atoms with Crippen molar-refractivity contribution in [1.29, 1.82) is 0 Å². The molecule has 0 spiro atoms. The standard InChI is InChI=1S/C14H22FNO3S/c1-14(2,20(5,17)18)13(16-3)9-10-6-7-12(19-4)11(15)8-10/h6-8,13,16H,9H2,1-5H3. The van der Waals surface area contributed by atoms with E-state index in [1.165, 1.54) is 19.4 Å². The van der Waals surface area contributed by atoms with E-state index in [1.54, 1.807) is 33.0 Å². The van der Waals surface area contributed by atoms with Gasteiger partial charge in [0, 0.05) is 12.3 Å². The van der Waals surface area contributed by atoms with Gasteiger partial charge in [-0.25, -0.2) is 12.8 Å². The van der Waals surface area contributed by atoms with Crippen LogP contribution in [-0.2, 0) is 16.3 Å². The van der Waals surface area contributed by atoms with Crippen LogP contribution in [-0.4, -0.2) is 39.6 Å². The maximum Gasteiger partial charge on any atom is 0.165 e. The summed E-state index contributed by atoms with van der Waals surface area (Å²) in [4.78, 5) is 0. The van der Waals surface area contributed by atoms with Crippen molar-refractivity contribution in [2.45, 2.75) is 31.1 Å². The summed E-state index contributed by atoms with van der Waals surface area (Å²) in [6.07, 6.45) is 1.63. The van der Waals surface area contributed by atoms with Crippen molar-refractivity contribution >= 4 is 9.84 Å². The lowest BCUT2D eigenvalue weighted by molar-refractivity contribution is 0.385. The highest BCUT2D eigenvalue weighted by molar-refractivity contribution is 7.92. The minimum absolute atomic E-state index is 0.178. The molecule has 1 N–H and O–H groups in total. The first kappa shape index (κ1) is 16.9. The lowest BCUT2D eigenvalue weighted by atomic mass is 9.95. The molecule has 0 fully saturated rings. The first-order valence-electron chi connectivity index (χ1n) is 6.32. The second-order valence-electron chi connectivity index (χ2n) is 5.39. The zero-order valence-corrected chi connectivity index (χ0v) is 13.3. The average Bonchev–Trinajstić information content (AvgIpc) is 2.34. The summed E-state index contributed by atoms with van der Waals surface area (Å²) in [5.41, 5.74) is 0.722. The van der Waals surface area contributed by atoms with Crippen LogP contribution in [0.3, 0.4) is 0 Å². The van der Waals surface area contributed by atoms with Crippen LogP contribution in [0.5, 0.6) is 5.75 Å². The molecule has 1 aromatic carbocycles. The van der Waals surface area contributed by atoms with Crippen LogP contribution in [0.1, 0.15) is 19.4 Å². The van der Waals surface area contributed by atoms with Gasteiger partial charge in [-0.05, 0) is 45.0 Å². The van der Waals surface area contributed by atoms with E-state index in [-0.39, 0.29) is 11.8 Å². The molecule has 1 aromatic rings. The van der Waals surface area contributed by atoms with Gasteiger partial charge in [-0.1, -0.05) is 6.07 Å². The number of methoxy groups -OCH3 is 1. The topological polar surface area (TPSA) is 55.4 Å². The molecule has 1 rings (SSSR count). The van der Waals surface area contributed by atoms with Gasteiger partial charge in [0.1, 0.15) is 0 Å². The van der Waals surface area contributed by atoms with Crippen molar-refractivity contribution in [3.63, 3.8) is 0 Å². The third-order valence-corrected chi connectivity index (χ3v) is 6.00. The van der Waals surface area contributed by atoms with Gasteiger partial charge in [-0.3, -0.25) is 0 Å². The number of halogens is 1. The fourth-order valence-electron chi connectivity index (χ4n) is 2.03. The largest absolute Gasteiger partial charge is 0.494 e. The van der Waals surface area contributed by atoms with Crippen LogP contribution in [0.2, 0.25) is 0 Å². The highest BCUT2D eigenvalue weighted by atomic mass is 32.2. The number of benzene rings is 1. The molecule has 0 aromatic heterocycles. The number of rotatable bonds is 6. The molecule has 0 saturated heterocycles. The molecule has 1 atom stereocenters. The van der Waals surface area contributed by atoms with Gasteiger partial charge in [-0.2, -0.15) is 0 Å². The quantitative estimate of drug-likeness (QED) is 0.870. The molecule has 114 valence electrons. The van der Waals surface area contributed by atoms with E-state index in [4.69, 9.17) is 4.74 Å². The summed E-state index contributed by atoms with van der Waals surface area (Å²) in [5, 5.41) is 3.01. The number of ether oxygens (including phenoxy) is 1. The van der Waals surface area contributed by atoms with Crippen molar-refractivity contribution < 1.29 is 17.5 Å². The minimum Gasteiger partial charge on any atom is -0.494 e. The Morgan fingerprint density at radius 3 is 2.40 bits per heavy atom. The molecule has 0 radical (unpaired) electrons. The van der Waals surface area contributed by atoms with Crippen molar-refractivity contribution in [3.8, 4) is 5.75 Å². The molecule has 0 saturated carbocycles. The lowest BCUT2D eigenvalue weighted by Crippen LogP contribution is -2.51. The summed E-state index contributed by atoms with van der Waals surface area (Å²) in [7, 11) is -0.128.